The molecule has 0 aliphatic carbocycles. The van der Waals surface area contributed by atoms with E-state index in [1.54, 1.807) is 12.1 Å². The van der Waals surface area contributed by atoms with Gasteiger partial charge in [0, 0.05) is 6.04 Å². The Morgan fingerprint density at radius 3 is 2.46 bits per heavy atom. The summed E-state index contributed by atoms with van der Waals surface area (Å²) in [6, 6.07) is 10.7. The highest BCUT2D eigenvalue weighted by atomic mass is 32.2. The molecule has 1 aliphatic heterocycles. The number of methoxy groups -OCH3 is 1. The topological polar surface area (TPSA) is 90.9 Å². The Kier molecular flexibility index (Phi) is 5.90. The lowest BCUT2D eigenvalue weighted by molar-refractivity contribution is 0.0600. The smallest absolute Gasteiger partial charge is 0.337 e. The first-order chi connectivity index (χ1) is 13.3. The normalized spacial score (nSPS) is 14.6. The minimum Gasteiger partial charge on any atom is -0.486 e. The van der Waals surface area contributed by atoms with Crippen LogP contribution in [0.3, 0.4) is 0 Å². The van der Waals surface area contributed by atoms with Gasteiger partial charge < -0.3 is 14.2 Å². The molecule has 3 rings (SSSR count). The monoisotopic (exact) mass is 405 g/mol. The Bertz CT molecular complexity index is 970. The van der Waals surface area contributed by atoms with E-state index in [0.29, 0.717) is 24.7 Å². The molecule has 0 bridgehead atoms. The first kappa shape index (κ1) is 20.2. The maximum atomic E-state index is 13.0. The van der Waals surface area contributed by atoms with Crippen LogP contribution in [0.1, 0.15) is 35.8 Å². The quantitative estimate of drug-likeness (QED) is 0.743. The van der Waals surface area contributed by atoms with Crippen molar-refractivity contribution in [3.05, 3.63) is 53.6 Å². The largest absolute Gasteiger partial charge is 0.486 e. The van der Waals surface area contributed by atoms with Crippen molar-refractivity contribution >= 4 is 16.0 Å². The summed E-state index contributed by atoms with van der Waals surface area (Å²) in [6.07, 6.45) is 0. The molecule has 0 spiro atoms. The van der Waals surface area contributed by atoms with Crippen molar-refractivity contribution in [3.8, 4) is 11.5 Å². The van der Waals surface area contributed by atoms with Gasteiger partial charge in [-0.3, -0.25) is 0 Å². The molecule has 0 radical (unpaired) electrons. The summed E-state index contributed by atoms with van der Waals surface area (Å²) in [5, 5.41) is 0. The Morgan fingerprint density at radius 2 is 1.79 bits per heavy atom. The first-order valence-corrected chi connectivity index (χ1v) is 10.4. The fourth-order valence-corrected chi connectivity index (χ4v) is 4.40. The average Bonchev–Trinajstić information content (AvgIpc) is 2.71. The molecule has 7 nitrogen and oxygen atoms in total. The first-order valence-electron chi connectivity index (χ1n) is 8.92. The number of fused-ring (bicyclic) bond motifs is 1. The van der Waals surface area contributed by atoms with E-state index >= 15 is 0 Å². The van der Waals surface area contributed by atoms with Crippen LogP contribution in [0.4, 0.5) is 0 Å². The van der Waals surface area contributed by atoms with Crippen molar-refractivity contribution < 1.29 is 27.4 Å². The molecule has 0 fully saturated rings. The van der Waals surface area contributed by atoms with E-state index in [4.69, 9.17) is 9.47 Å². The molecule has 2 aromatic carbocycles. The van der Waals surface area contributed by atoms with Crippen molar-refractivity contribution in [3.63, 3.8) is 0 Å². The molecule has 1 N–H and O–H groups in total. The molecule has 0 saturated heterocycles. The zero-order valence-electron chi connectivity index (χ0n) is 16.0. The summed E-state index contributed by atoms with van der Waals surface area (Å²) in [5.41, 5.74) is 0.942. The Morgan fingerprint density at radius 1 is 1.07 bits per heavy atom. The minimum atomic E-state index is -3.87. The molecule has 2 aromatic rings. The van der Waals surface area contributed by atoms with E-state index in [0.717, 1.165) is 5.56 Å². The van der Waals surface area contributed by atoms with Crippen molar-refractivity contribution in [2.45, 2.75) is 24.8 Å². The van der Waals surface area contributed by atoms with Gasteiger partial charge in [-0.15, -0.1) is 0 Å². The highest BCUT2D eigenvalue weighted by molar-refractivity contribution is 7.89. The number of carbonyl (C=O) groups is 1. The van der Waals surface area contributed by atoms with E-state index in [1.165, 1.54) is 31.4 Å². The van der Waals surface area contributed by atoms with E-state index in [1.807, 2.05) is 19.9 Å². The second-order valence-corrected chi connectivity index (χ2v) is 8.48. The van der Waals surface area contributed by atoms with Crippen LogP contribution in [0, 0.1) is 5.92 Å². The molecule has 150 valence electrons. The van der Waals surface area contributed by atoms with E-state index in [-0.39, 0.29) is 16.4 Å². The third-order valence-corrected chi connectivity index (χ3v) is 5.88. The van der Waals surface area contributed by atoms with Crippen LogP contribution >= 0.6 is 0 Å². The van der Waals surface area contributed by atoms with Crippen LogP contribution in [0.2, 0.25) is 0 Å². The van der Waals surface area contributed by atoms with Crippen LogP contribution in [-0.4, -0.2) is 34.7 Å². The SMILES string of the molecule is COC(=O)c1cccc(S(=O)(=O)N[C@H](c2ccc3c(c2)OCCO3)C(C)C)c1. The van der Waals surface area contributed by atoms with Crippen LogP contribution in [0.15, 0.2) is 47.4 Å². The number of benzene rings is 2. The Labute approximate surface area is 164 Å². The van der Waals surface area contributed by atoms with Crippen molar-refractivity contribution in [1.29, 1.82) is 0 Å². The maximum Gasteiger partial charge on any atom is 0.337 e. The highest BCUT2D eigenvalue weighted by Gasteiger charge is 2.26. The zero-order valence-corrected chi connectivity index (χ0v) is 16.8. The van der Waals surface area contributed by atoms with Gasteiger partial charge in [0.15, 0.2) is 11.5 Å². The van der Waals surface area contributed by atoms with Gasteiger partial charge in [0.05, 0.1) is 17.6 Å². The Hall–Kier alpha value is -2.58. The maximum absolute atomic E-state index is 13.0. The lowest BCUT2D eigenvalue weighted by atomic mass is 9.97. The predicted molar refractivity (Wildman–Crippen MR) is 103 cm³/mol. The Balaban J connectivity index is 1.91. The second kappa shape index (κ2) is 8.20. The fraction of sp³-hybridized carbons (Fsp3) is 0.350. The summed E-state index contributed by atoms with van der Waals surface area (Å²) in [7, 11) is -2.62. The third kappa shape index (κ3) is 4.28. The van der Waals surface area contributed by atoms with E-state index in [9.17, 15) is 13.2 Å². The zero-order chi connectivity index (χ0) is 20.3. The molecule has 28 heavy (non-hydrogen) atoms. The molecule has 0 saturated carbocycles. The fourth-order valence-electron chi connectivity index (χ4n) is 2.99. The van der Waals surface area contributed by atoms with Crippen LogP contribution in [0.25, 0.3) is 0 Å². The lowest BCUT2D eigenvalue weighted by Crippen LogP contribution is -2.32. The van der Waals surface area contributed by atoms with Gasteiger partial charge in [0.1, 0.15) is 13.2 Å². The molecule has 0 unspecified atom stereocenters. The standard InChI is InChI=1S/C20H23NO6S/c1-13(2)19(14-7-8-17-18(12-14)27-10-9-26-17)21-28(23,24)16-6-4-5-15(11-16)20(22)25-3/h4-8,11-13,19,21H,9-10H2,1-3H3/t19-/m0/s1. The number of carbonyl (C=O) groups excluding carboxylic acids is 1. The number of hydrogen-bond donors (Lipinski definition) is 1. The van der Waals surface area contributed by atoms with E-state index in [2.05, 4.69) is 9.46 Å². The van der Waals surface area contributed by atoms with Gasteiger partial charge >= 0.3 is 5.97 Å². The average molecular weight is 405 g/mol. The molecular formula is C20H23NO6S. The minimum absolute atomic E-state index is 0.00130. The highest BCUT2D eigenvalue weighted by Crippen LogP contribution is 2.35. The number of nitrogens with one attached hydrogen (secondary N) is 1. The van der Waals surface area contributed by atoms with Crippen LogP contribution in [-0.2, 0) is 14.8 Å². The summed E-state index contributed by atoms with van der Waals surface area (Å²) in [6.45, 7) is 4.79. The van der Waals surface area contributed by atoms with Crippen molar-refractivity contribution in [2.75, 3.05) is 20.3 Å². The second-order valence-electron chi connectivity index (χ2n) is 6.77. The molecule has 1 aliphatic rings. The van der Waals surface area contributed by atoms with Gasteiger partial charge in [-0.25, -0.2) is 17.9 Å². The molecule has 0 aromatic heterocycles. The van der Waals surface area contributed by atoms with Crippen LogP contribution < -0.4 is 14.2 Å². The summed E-state index contributed by atoms with van der Waals surface area (Å²) in [4.78, 5) is 11.7. The number of sulfonamides is 1. The van der Waals surface area contributed by atoms with Crippen molar-refractivity contribution in [1.82, 2.24) is 4.72 Å². The number of esters is 1. The predicted octanol–water partition coefficient (Wildman–Crippen LogP) is 2.92. The van der Waals surface area contributed by atoms with Crippen LogP contribution in [0.5, 0.6) is 11.5 Å². The number of hydrogen-bond acceptors (Lipinski definition) is 6. The summed E-state index contributed by atoms with van der Waals surface area (Å²) < 4.78 is 44.4. The molecule has 0 amide bonds. The summed E-state index contributed by atoms with van der Waals surface area (Å²) >= 11 is 0. The summed E-state index contributed by atoms with van der Waals surface area (Å²) in [5.74, 6) is 0.623. The molecule has 1 heterocycles. The van der Waals surface area contributed by atoms with Gasteiger partial charge in [0.25, 0.3) is 0 Å². The van der Waals surface area contributed by atoms with Gasteiger partial charge in [-0.2, -0.15) is 0 Å². The third-order valence-electron chi connectivity index (χ3n) is 4.44. The van der Waals surface area contributed by atoms with Gasteiger partial charge in [-0.1, -0.05) is 26.0 Å². The molecule has 8 heteroatoms. The van der Waals surface area contributed by atoms with E-state index < -0.39 is 22.0 Å². The van der Waals surface area contributed by atoms with Gasteiger partial charge in [-0.05, 0) is 41.8 Å². The lowest BCUT2D eigenvalue weighted by Gasteiger charge is -2.25. The van der Waals surface area contributed by atoms with Crippen molar-refractivity contribution in [2.24, 2.45) is 5.92 Å². The molecular weight excluding hydrogens is 382 g/mol. The molecule has 1 atom stereocenters. The van der Waals surface area contributed by atoms with Gasteiger partial charge in [0.2, 0.25) is 10.0 Å². The number of rotatable bonds is 6. The number of ether oxygens (including phenoxy) is 3.